The molecule has 4 aromatic carbocycles. The van der Waals surface area contributed by atoms with Crippen LogP contribution < -0.4 is 14.4 Å². The highest BCUT2D eigenvalue weighted by Gasteiger charge is 2.35. The second-order valence-electron chi connectivity index (χ2n) is 14.6. The van der Waals surface area contributed by atoms with E-state index in [1.807, 2.05) is 91.8 Å². The van der Waals surface area contributed by atoms with Crippen LogP contribution in [0.15, 0.2) is 71.7 Å². The van der Waals surface area contributed by atoms with Crippen LogP contribution >= 0.6 is 11.6 Å². The number of fused-ring (bicyclic) bond motifs is 5. The van der Waals surface area contributed by atoms with E-state index in [4.69, 9.17) is 26.1 Å². The Bertz CT molecular complexity index is 2110. The quantitative estimate of drug-likeness (QED) is 0.188. The lowest BCUT2D eigenvalue weighted by Crippen LogP contribution is -2.48. The number of rotatable bonds is 7. The van der Waals surface area contributed by atoms with Gasteiger partial charge in [0.2, 0.25) is 5.91 Å². The average molecular weight is 734 g/mol. The number of piperidine rings is 1. The Morgan fingerprint density at radius 3 is 2.51 bits per heavy atom. The monoisotopic (exact) mass is 733 g/mol. The van der Waals surface area contributed by atoms with Gasteiger partial charge in [0.25, 0.3) is 5.91 Å². The van der Waals surface area contributed by atoms with Gasteiger partial charge >= 0.3 is 6.09 Å². The smallest absolute Gasteiger partial charge is 0.415 e. The first kappa shape index (κ1) is 35.1. The van der Waals surface area contributed by atoms with E-state index < -0.39 is 0 Å². The fourth-order valence-electron chi connectivity index (χ4n) is 8.06. The summed E-state index contributed by atoms with van der Waals surface area (Å²) in [5, 5.41) is 1.76. The lowest BCUT2D eigenvalue weighted by molar-refractivity contribution is -0.117. The van der Waals surface area contributed by atoms with Crippen molar-refractivity contribution in [1.82, 2.24) is 14.7 Å². The molecule has 2 fully saturated rings. The van der Waals surface area contributed by atoms with Gasteiger partial charge in [0.1, 0.15) is 18.1 Å². The number of piperazine rings is 1. The Kier molecular flexibility index (Phi) is 9.83. The van der Waals surface area contributed by atoms with E-state index in [9.17, 15) is 14.4 Å². The molecule has 0 N–H and O–H groups in total. The van der Waals surface area contributed by atoms with Gasteiger partial charge in [-0.15, -0.1) is 11.6 Å². The van der Waals surface area contributed by atoms with Crippen molar-refractivity contribution in [3.63, 3.8) is 0 Å². The molecule has 0 aromatic heterocycles. The molecule has 0 saturated carbocycles. The Hall–Kier alpha value is -4.93. The molecule has 0 bridgehead atoms. The molecule has 4 aliphatic heterocycles. The van der Waals surface area contributed by atoms with Crippen molar-refractivity contribution in [2.24, 2.45) is 4.99 Å². The number of hydrogen-bond acceptors (Lipinski definition) is 7. The van der Waals surface area contributed by atoms with E-state index in [0.717, 1.165) is 77.6 Å². The Morgan fingerprint density at radius 2 is 1.70 bits per heavy atom. The van der Waals surface area contributed by atoms with Crippen molar-refractivity contribution < 1.29 is 23.9 Å². The number of ether oxygens (including phenoxy) is 2. The summed E-state index contributed by atoms with van der Waals surface area (Å²) < 4.78 is 12.3. The average Bonchev–Trinajstić information content (AvgIpc) is 3.50. The summed E-state index contributed by atoms with van der Waals surface area (Å²) in [7, 11) is 2.04. The first-order valence-corrected chi connectivity index (χ1v) is 19.1. The number of carbonyl (C=O) groups excluding carboxylic acids is 3. The van der Waals surface area contributed by atoms with Crippen LogP contribution in [-0.2, 0) is 17.8 Å². The van der Waals surface area contributed by atoms with Crippen LogP contribution in [0.2, 0.25) is 0 Å². The van der Waals surface area contributed by atoms with Crippen molar-refractivity contribution in [1.29, 1.82) is 0 Å². The number of benzene rings is 4. The highest BCUT2D eigenvalue weighted by molar-refractivity contribution is 6.19. The number of halogens is 1. The molecule has 0 radical (unpaired) electrons. The Labute approximate surface area is 314 Å². The SMILES string of the molecule is Cc1cc2c(cc1OCc1cccc(CC(=O)N3C[C@@H](CCl)c4c3cc(OC(=O)N3CCN(C)CC3)c3ccccc43)c1)N=C[C@@H]1CCCCN1C2=O. The van der Waals surface area contributed by atoms with Crippen LogP contribution in [0, 0.1) is 6.92 Å². The summed E-state index contributed by atoms with van der Waals surface area (Å²) in [5.74, 6) is 1.37. The van der Waals surface area contributed by atoms with Gasteiger partial charge in [0.05, 0.1) is 29.4 Å². The zero-order valence-electron chi connectivity index (χ0n) is 30.2. The molecule has 4 aromatic rings. The van der Waals surface area contributed by atoms with Crippen molar-refractivity contribution in [3.8, 4) is 11.5 Å². The van der Waals surface area contributed by atoms with Crippen molar-refractivity contribution in [2.45, 2.75) is 51.2 Å². The topological polar surface area (TPSA) is 95.0 Å². The number of hydrogen-bond donors (Lipinski definition) is 0. The fourth-order valence-corrected chi connectivity index (χ4v) is 8.32. The van der Waals surface area contributed by atoms with Crippen LogP contribution in [0.3, 0.4) is 0 Å². The van der Waals surface area contributed by atoms with E-state index in [-0.39, 0.29) is 36.3 Å². The molecule has 0 unspecified atom stereocenters. The zero-order chi connectivity index (χ0) is 36.6. The molecule has 2 saturated heterocycles. The molecule has 2 atom stereocenters. The molecule has 4 aliphatic rings. The first-order chi connectivity index (χ1) is 25.8. The standard InChI is InChI=1S/C42H44ClN5O5/c1-27-18-34-35(44-24-31-10-5-6-13-47(31)41(34)50)21-37(27)52-26-29-9-7-8-28(19-29)20-39(49)48-25-30(23-43)40-33-12-4-3-11-32(33)38(22-36(40)48)53-42(51)46-16-14-45(2)15-17-46/h3-4,7-9,11-12,18-19,21-22,24,30-31H,5-6,10,13-17,20,23,25-26H2,1-2H3/t30-,31+/m1/s1. The van der Waals surface area contributed by atoms with Gasteiger partial charge in [-0.05, 0) is 66.9 Å². The van der Waals surface area contributed by atoms with Gasteiger partial charge in [0.15, 0.2) is 0 Å². The maximum Gasteiger partial charge on any atom is 0.415 e. The van der Waals surface area contributed by atoms with Crippen LogP contribution in [0.5, 0.6) is 11.5 Å². The largest absolute Gasteiger partial charge is 0.489 e. The minimum Gasteiger partial charge on any atom is -0.489 e. The number of aliphatic imine (C=N–C) groups is 1. The summed E-state index contributed by atoms with van der Waals surface area (Å²) in [6.45, 7) is 6.22. The lowest BCUT2D eigenvalue weighted by atomic mass is 9.95. The minimum atomic E-state index is -0.384. The molecule has 3 amide bonds. The van der Waals surface area contributed by atoms with Gasteiger partial charge < -0.3 is 29.1 Å². The lowest BCUT2D eigenvalue weighted by Gasteiger charge is -2.32. The number of carbonyl (C=O) groups is 3. The Morgan fingerprint density at radius 1 is 0.906 bits per heavy atom. The Balaban J connectivity index is 0.995. The normalized spacial score (nSPS) is 19.8. The molecule has 0 aliphatic carbocycles. The molecular weight excluding hydrogens is 690 g/mol. The fraction of sp³-hybridized carbons (Fsp3) is 0.381. The number of alkyl halides is 1. The molecule has 10 nitrogen and oxygen atoms in total. The zero-order valence-corrected chi connectivity index (χ0v) is 31.0. The van der Waals surface area contributed by atoms with E-state index in [2.05, 4.69) is 4.90 Å². The van der Waals surface area contributed by atoms with Crippen molar-refractivity contribution >= 4 is 57.9 Å². The molecule has 0 spiro atoms. The molecule has 53 heavy (non-hydrogen) atoms. The second-order valence-corrected chi connectivity index (χ2v) is 14.9. The van der Waals surface area contributed by atoms with Crippen molar-refractivity contribution in [3.05, 3.63) is 94.5 Å². The van der Waals surface area contributed by atoms with Gasteiger partial charge in [-0.3, -0.25) is 14.6 Å². The maximum atomic E-state index is 14.1. The van der Waals surface area contributed by atoms with Crippen LogP contribution in [0.4, 0.5) is 16.2 Å². The molecule has 11 heteroatoms. The molecule has 274 valence electrons. The molecular formula is C42H44ClN5O5. The third-order valence-corrected chi connectivity index (χ3v) is 11.4. The molecule has 4 heterocycles. The number of likely N-dealkylation sites (N-methyl/N-ethyl adjacent to an activating group) is 1. The number of aryl methyl sites for hydroxylation is 1. The predicted octanol–water partition coefficient (Wildman–Crippen LogP) is 7.10. The summed E-state index contributed by atoms with van der Waals surface area (Å²) in [5.41, 5.74) is 5.64. The minimum absolute atomic E-state index is 0.0308. The van der Waals surface area contributed by atoms with Gasteiger partial charge in [0, 0.05) is 74.8 Å². The van der Waals surface area contributed by atoms with Crippen LogP contribution in [0.1, 0.15) is 57.8 Å². The van der Waals surface area contributed by atoms with Gasteiger partial charge in [-0.1, -0.05) is 48.5 Å². The number of amides is 3. The summed E-state index contributed by atoms with van der Waals surface area (Å²) >= 11 is 6.53. The first-order valence-electron chi connectivity index (χ1n) is 18.5. The summed E-state index contributed by atoms with van der Waals surface area (Å²) in [6, 6.07) is 21.4. The second kappa shape index (κ2) is 14.8. The molecule has 8 rings (SSSR count). The van der Waals surface area contributed by atoms with Crippen LogP contribution in [0.25, 0.3) is 10.8 Å². The van der Waals surface area contributed by atoms with Crippen LogP contribution in [-0.4, -0.2) is 97.1 Å². The van der Waals surface area contributed by atoms with E-state index in [0.29, 0.717) is 54.9 Å². The third kappa shape index (κ3) is 6.98. The third-order valence-electron chi connectivity index (χ3n) is 11.0. The van der Waals surface area contributed by atoms with E-state index in [1.54, 1.807) is 9.80 Å². The van der Waals surface area contributed by atoms with Crippen molar-refractivity contribution in [2.75, 3.05) is 57.1 Å². The van der Waals surface area contributed by atoms with Gasteiger partial charge in [-0.25, -0.2) is 4.79 Å². The summed E-state index contributed by atoms with van der Waals surface area (Å²) in [6.07, 6.45) is 4.75. The van der Waals surface area contributed by atoms with E-state index in [1.165, 1.54) is 0 Å². The number of anilines is 1. The highest BCUT2D eigenvalue weighted by atomic mass is 35.5. The number of nitrogens with zero attached hydrogens (tertiary/aromatic N) is 5. The maximum absolute atomic E-state index is 14.1. The van der Waals surface area contributed by atoms with E-state index >= 15 is 0 Å². The van der Waals surface area contributed by atoms with Gasteiger partial charge in [-0.2, -0.15) is 0 Å². The predicted molar refractivity (Wildman–Crippen MR) is 207 cm³/mol. The highest BCUT2D eigenvalue weighted by Crippen LogP contribution is 2.46. The summed E-state index contributed by atoms with van der Waals surface area (Å²) in [4.78, 5) is 53.1.